The van der Waals surface area contributed by atoms with Crippen molar-refractivity contribution in [2.24, 2.45) is 0 Å². The van der Waals surface area contributed by atoms with E-state index in [0.29, 0.717) is 54.9 Å². The van der Waals surface area contributed by atoms with Crippen LogP contribution >= 0.6 is 11.6 Å². The second kappa shape index (κ2) is 11.8. The van der Waals surface area contributed by atoms with E-state index in [1.165, 1.54) is 0 Å². The Balaban J connectivity index is 1.44. The standard InChI is InChI=1S/C30H25ClN4O3/c31-26-10-6-22(7-11-26)21-38-28-12-8-23(9-13-28)29-25(20-35(33-29)27-4-2-1-3-5-27)18-24(19-32)30(36)34-14-16-37-17-15-34/h1-13,18,20H,14-17,21H2/b24-18-. The number of carbonyl (C=O) groups is 1. The number of hydrogen-bond acceptors (Lipinski definition) is 5. The first-order valence-electron chi connectivity index (χ1n) is 12.2. The lowest BCUT2D eigenvalue weighted by Crippen LogP contribution is -2.41. The van der Waals surface area contributed by atoms with Crippen molar-refractivity contribution in [2.75, 3.05) is 26.3 Å². The average Bonchev–Trinajstić information content (AvgIpc) is 3.40. The normalized spacial score (nSPS) is 13.7. The van der Waals surface area contributed by atoms with E-state index in [2.05, 4.69) is 6.07 Å². The van der Waals surface area contributed by atoms with E-state index >= 15 is 0 Å². The minimum Gasteiger partial charge on any atom is -0.489 e. The van der Waals surface area contributed by atoms with Gasteiger partial charge in [-0.1, -0.05) is 41.9 Å². The molecule has 190 valence electrons. The van der Waals surface area contributed by atoms with Crippen LogP contribution in [0.5, 0.6) is 5.75 Å². The summed E-state index contributed by atoms with van der Waals surface area (Å²) >= 11 is 5.96. The largest absolute Gasteiger partial charge is 0.489 e. The van der Waals surface area contributed by atoms with Crippen LogP contribution in [-0.4, -0.2) is 46.9 Å². The monoisotopic (exact) mass is 524 g/mol. The van der Waals surface area contributed by atoms with Gasteiger partial charge in [0.1, 0.15) is 24.0 Å². The first kappa shape index (κ1) is 25.3. The maximum atomic E-state index is 13.0. The Morgan fingerprint density at radius 3 is 2.42 bits per heavy atom. The van der Waals surface area contributed by atoms with E-state index < -0.39 is 0 Å². The van der Waals surface area contributed by atoms with Crippen LogP contribution in [0.3, 0.4) is 0 Å². The molecule has 38 heavy (non-hydrogen) atoms. The molecule has 0 unspecified atom stereocenters. The summed E-state index contributed by atoms with van der Waals surface area (Å²) in [4.78, 5) is 14.7. The zero-order valence-corrected chi connectivity index (χ0v) is 21.3. The number of rotatable bonds is 7. The molecule has 1 saturated heterocycles. The lowest BCUT2D eigenvalue weighted by Gasteiger charge is -2.26. The van der Waals surface area contributed by atoms with Crippen molar-refractivity contribution in [3.05, 3.63) is 107 Å². The summed E-state index contributed by atoms with van der Waals surface area (Å²) in [5.41, 5.74) is 4.10. The summed E-state index contributed by atoms with van der Waals surface area (Å²) in [7, 11) is 0. The van der Waals surface area contributed by atoms with Gasteiger partial charge in [0.05, 0.1) is 24.6 Å². The molecular formula is C30H25ClN4O3. The molecule has 0 bridgehead atoms. The van der Waals surface area contributed by atoms with E-state index in [0.717, 1.165) is 16.8 Å². The molecule has 8 heteroatoms. The highest BCUT2D eigenvalue weighted by Crippen LogP contribution is 2.28. The van der Waals surface area contributed by atoms with Gasteiger partial charge in [-0.25, -0.2) is 4.68 Å². The van der Waals surface area contributed by atoms with Crippen LogP contribution in [0.15, 0.2) is 90.6 Å². The van der Waals surface area contributed by atoms with Crippen molar-refractivity contribution in [3.8, 4) is 28.8 Å². The Labute approximate surface area is 226 Å². The van der Waals surface area contributed by atoms with Crippen LogP contribution in [0.4, 0.5) is 0 Å². The molecular weight excluding hydrogens is 500 g/mol. The number of carbonyl (C=O) groups excluding carboxylic acids is 1. The van der Waals surface area contributed by atoms with Crippen molar-refractivity contribution in [3.63, 3.8) is 0 Å². The number of morpholine rings is 1. The summed E-state index contributed by atoms with van der Waals surface area (Å²) in [5.74, 6) is 0.406. The molecule has 0 N–H and O–H groups in total. The Bertz CT molecular complexity index is 1470. The van der Waals surface area contributed by atoms with Crippen LogP contribution in [-0.2, 0) is 16.1 Å². The molecule has 1 aromatic heterocycles. The van der Waals surface area contributed by atoms with Gasteiger partial charge in [0.15, 0.2) is 0 Å². The van der Waals surface area contributed by atoms with Gasteiger partial charge in [-0.15, -0.1) is 0 Å². The van der Waals surface area contributed by atoms with E-state index in [1.807, 2.05) is 85.1 Å². The smallest absolute Gasteiger partial charge is 0.264 e. The lowest BCUT2D eigenvalue weighted by molar-refractivity contribution is -0.130. The van der Waals surface area contributed by atoms with E-state index in [9.17, 15) is 10.1 Å². The summed E-state index contributed by atoms with van der Waals surface area (Å²) in [6, 6.07) is 26.9. The van der Waals surface area contributed by atoms with Crippen molar-refractivity contribution >= 4 is 23.6 Å². The van der Waals surface area contributed by atoms with Crippen LogP contribution in [0.25, 0.3) is 23.0 Å². The van der Waals surface area contributed by atoms with Crippen LogP contribution in [0.1, 0.15) is 11.1 Å². The average molecular weight is 525 g/mol. The fraction of sp³-hybridized carbons (Fsp3) is 0.167. The molecule has 1 fully saturated rings. The van der Waals surface area contributed by atoms with Gasteiger partial charge in [-0.2, -0.15) is 10.4 Å². The number of amides is 1. The molecule has 7 nitrogen and oxygen atoms in total. The summed E-state index contributed by atoms with van der Waals surface area (Å²) in [6.07, 6.45) is 3.45. The molecule has 0 radical (unpaired) electrons. The van der Waals surface area contributed by atoms with Crippen molar-refractivity contribution < 1.29 is 14.3 Å². The molecule has 0 atom stereocenters. The maximum absolute atomic E-state index is 13.0. The third-order valence-corrected chi connectivity index (χ3v) is 6.41. The van der Waals surface area contributed by atoms with Crippen molar-refractivity contribution in [2.45, 2.75) is 6.61 Å². The third kappa shape index (κ3) is 5.94. The fourth-order valence-corrected chi connectivity index (χ4v) is 4.25. The quantitative estimate of drug-likeness (QED) is 0.234. The van der Waals surface area contributed by atoms with Crippen LogP contribution in [0.2, 0.25) is 5.02 Å². The molecule has 5 rings (SSSR count). The molecule has 0 aliphatic carbocycles. The number of nitrogens with zero attached hydrogens (tertiary/aromatic N) is 4. The maximum Gasteiger partial charge on any atom is 0.264 e. The minimum absolute atomic E-state index is 0.0590. The third-order valence-electron chi connectivity index (χ3n) is 6.16. The molecule has 3 aromatic carbocycles. The first-order chi connectivity index (χ1) is 18.6. The molecule has 0 saturated carbocycles. The molecule has 4 aromatic rings. The van der Waals surface area contributed by atoms with E-state index in [-0.39, 0.29) is 11.5 Å². The van der Waals surface area contributed by atoms with Gasteiger partial charge < -0.3 is 14.4 Å². The summed E-state index contributed by atoms with van der Waals surface area (Å²) in [5, 5.41) is 15.3. The van der Waals surface area contributed by atoms with Gasteiger partial charge in [-0.05, 0) is 60.2 Å². The number of nitriles is 1. The Morgan fingerprint density at radius 2 is 1.74 bits per heavy atom. The molecule has 1 aliphatic rings. The summed E-state index contributed by atoms with van der Waals surface area (Å²) < 4.78 is 13.0. The van der Waals surface area contributed by atoms with Crippen molar-refractivity contribution in [1.29, 1.82) is 5.26 Å². The highest BCUT2D eigenvalue weighted by Gasteiger charge is 2.22. The van der Waals surface area contributed by atoms with Gasteiger partial charge in [0, 0.05) is 35.4 Å². The number of para-hydroxylation sites is 1. The second-order valence-electron chi connectivity index (χ2n) is 8.73. The lowest BCUT2D eigenvalue weighted by atomic mass is 10.1. The molecule has 1 amide bonds. The second-order valence-corrected chi connectivity index (χ2v) is 9.16. The highest BCUT2D eigenvalue weighted by molar-refractivity contribution is 6.30. The number of aromatic nitrogens is 2. The molecule has 0 spiro atoms. The highest BCUT2D eigenvalue weighted by atomic mass is 35.5. The summed E-state index contributed by atoms with van der Waals surface area (Å²) in [6.45, 7) is 2.28. The van der Waals surface area contributed by atoms with E-state index in [4.69, 9.17) is 26.2 Å². The predicted molar refractivity (Wildman–Crippen MR) is 146 cm³/mol. The van der Waals surface area contributed by atoms with Gasteiger partial charge in [-0.3, -0.25) is 4.79 Å². The molecule has 1 aliphatic heterocycles. The van der Waals surface area contributed by atoms with Gasteiger partial charge in [0.25, 0.3) is 5.91 Å². The Morgan fingerprint density at radius 1 is 1.03 bits per heavy atom. The number of benzene rings is 3. The number of ether oxygens (including phenoxy) is 2. The number of hydrogen-bond donors (Lipinski definition) is 0. The number of halogens is 1. The van der Waals surface area contributed by atoms with E-state index in [1.54, 1.807) is 15.7 Å². The Kier molecular flexibility index (Phi) is 7.84. The first-order valence-corrected chi connectivity index (χ1v) is 12.6. The fourth-order valence-electron chi connectivity index (χ4n) is 4.12. The predicted octanol–water partition coefficient (Wildman–Crippen LogP) is 5.54. The zero-order valence-electron chi connectivity index (χ0n) is 20.6. The zero-order chi connectivity index (χ0) is 26.3. The minimum atomic E-state index is -0.305. The molecule has 2 heterocycles. The van der Waals surface area contributed by atoms with Crippen LogP contribution < -0.4 is 4.74 Å². The topological polar surface area (TPSA) is 80.4 Å². The van der Waals surface area contributed by atoms with Gasteiger partial charge >= 0.3 is 0 Å². The van der Waals surface area contributed by atoms with Gasteiger partial charge in [0.2, 0.25) is 0 Å². The SMILES string of the molecule is N#C/C(=C/c1cn(-c2ccccc2)nc1-c1ccc(OCc2ccc(Cl)cc2)cc1)C(=O)N1CCOCC1. The van der Waals surface area contributed by atoms with Crippen molar-refractivity contribution in [1.82, 2.24) is 14.7 Å². The Hall–Kier alpha value is -4.38. The van der Waals surface area contributed by atoms with Crippen LogP contribution in [0, 0.1) is 11.3 Å².